The summed E-state index contributed by atoms with van der Waals surface area (Å²) in [5.74, 6) is 0. The first-order valence-corrected chi connectivity index (χ1v) is 5.90. The van der Waals surface area contributed by atoms with Crippen molar-refractivity contribution in [3.63, 3.8) is 0 Å². The van der Waals surface area contributed by atoms with Crippen molar-refractivity contribution in [3.05, 3.63) is 0 Å². The largest absolute Gasteiger partial charge is 0.392 e. The summed E-state index contributed by atoms with van der Waals surface area (Å²) < 4.78 is 0. The highest BCUT2D eigenvalue weighted by molar-refractivity contribution is 4.78. The third-order valence-corrected chi connectivity index (χ3v) is 3.15. The highest BCUT2D eigenvalue weighted by Crippen LogP contribution is 2.12. The fourth-order valence-electron chi connectivity index (χ4n) is 2.11. The monoisotopic (exact) mass is 200 g/mol. The van der Waals surface area contributed by atoms with Crippen LogP contribution < -0.4 is 5.32 Å². The lowest BCUT2D eigenvalue weighted by Crippen LogP contribution is -2.45. The van der Waals surface area contributed by atoms with Gasteiger partial charge in [0.1, 0.15) is 0 Å². The zero-order valence-electron chi connectivity index (χ0n) is 9.50. The standard InChI is InChI=1S/C11H24N2O/c1-3-11(14)9-13(4-2)10-5-7-12-8-6-10/h10-12,14H,3-9H2,1-2H3. The van der Waals surface area contributed by atoms with Crippen molar-refractivity contribution in [2.75, 3.05) is 26.2 Å². The van der Waals surface area contributed by atoms with E-state index in [0.717, 1.165) is 32.6 Å². The zero-order chi connectivity index (χ0) is 10.4. The summed E-state index contributed by atoms with van der Waals surface area (Å²) in [7, 11) is 0. The smallest absolute Gasteiger partial charge is 0.0664 e. The predicted molar refractivity (Wildman–Crippen MR) is 59.4 cm³/mol. The summed E-state index contributed by atoms with van der Waals surface area (Å²) in [4.78, 5) is 2.43. The average Bonchev–Trinajstić information content (AvgIpc) is 2.26. The Kier molecular flexibility index (Phi) is 5.45. The van der Waals surface area contributed by atoms with E-state index in [1.807, 2.05) is 6.92 Å². The fourth-order valence-corrected chi connectivity index (χ4v) is 2.11. The predicted octanol–water partition coefficient (Wildman–Crippen LogP) is 0.831. The quantitative estimate of drug-likeness (QED) is 0.690. The van der Waals surface area contributed by atoms with Crippen molar-refractivity contribution in [1.82, 2.24) is 10.2 Å². The van der Waals surface area contributed by atoms with Crippen molar-refractivity contribution < 1.29 is 5.11 Å². The second-order valence-electron chi connectivity index (χ2n) is 4.13. The van der Waals surface area contributed by atoms with Gasteiger partial charge >= 0.3 is 0 Å². The third kappa shape index (κ3) is 3.56. The van der Waals surface area contributed by atoms with Gasteiger partial charge < -0.3 is 10.4 Å². The minimum Gasteiger partial charge on any atom is -0.392 e. The van der Waals surface area contributed by atoms with Gasteiger partial charge in [0.2, 0.25) is 0 Å². The number of aliphatic hydroxyl groups is 1. The molecule has 1 atom stereocenters. The Morgan fingerprint density at radius 1 is 1.36 bits per heavy atom. The van der Waals surface area contributed by atoms with Crippen LogP contribution >= 0.6 is 0 Å². The SMILES string of the molecule is CCC(O)CN(CC)C1CCNCC1. The van der Waals surface area contributed by atoms with Crippen LogP contribution in [0.25, 0.3) is 0 Å². The van der Waals surface area contributed by atoms with Crippen LogP contribution in [0.3, 0.4) is 0 Å². The molecule has 0 aromatic heterocycles. The Morgan fingerprint density at radius 3 is 2.50 bits per heavy atom. The average molecular weight is 200 g/mol. The lowest BCUT2D eigenvalue weighted by atomic mass is 10.0. The number of aliphatic hydroxyl groups excluding tert-OH is 1. The van der Waals surface area contributed by atoms with Crippen molar-refractivity contribution in [2.45, 2.75) is 45.3 Å². The van der Waals surface area contributed by atoms with Gasteiger partial charge in [0.25, 0.3) is 0 Å². The van der Waals surface area contributed by atoms with Crippen molar-refractivity contribution >= 4 is 0 Å². The number of hydrogen-bond acceptors (Lipinski definition) is 3. The second kappa shape index (κ2) is 6.38. The molecule has 0 aromatic carbocycles. The molecule has 1 unspecified atom stereocenters. The molecule has 0 spiro atoms. The maximum atomic E-state index is 9.63. The van der Waals surface area contributed by atoms with Gasteiger partial charge in [0, 0.05) is 12.6 Å². The summed E-state index contributed by atoms with van der Waals surface area (Å²) in [6.07, 6.45) is 3.17. The first-order valence-electron chi connectivity index (χ1n) is 5.90. The molecule has 1 aliphatic rings. The summed E-state index contributed by atoms with van der Waals surface area (Å²) >= 11 is 0. The molecule has 0 amide bonds. The number of rotatable bonds is 5. The molecule has 0 aromatic rings. The molecule has 1 fully saturated rings. The summed E-state index contributed by atoms with van der Waals surface area (Å²) in [6, 6.07) is 0.683. The number of nitrogens with one attached hydrogen (secondary N) is 1. The summed E-state index contributed by atoms with van der Waals surface area (Å²) in [5.41, 5.74) is 0. The maximum Gasteiger partial charge on any atom is 0.0664 e. The van der Waals surface area contributed by atoms with Crippen LogP contribution in [0.2, 0.25) is 0 Å². The molecule has 3 heteroatoms. The number of likely N-dealkylation sites (N-methyl/N-ethyl adjacent to an activating group) is 1. The molecule has 3 nitrogen and oxygen atoms in total. The van der Waals surface area contributed by atoms with E-state index in [9.17, 15) is 5.11 Å². The van der Waals surface area contributed by atoms with E-state index in [1.54, 1.807) is 0 Å². The molecule has 0 aliphatic carbocycles. The fraction of sp³-hybridized carbons (Fsp3) is 1.00. The van der Waals surface area contributed by atoms with E-state index in [4.69, 9.17) is 0 Å². The normalized spacial score (nSPS) is 21.4. The Hall–Kier alpha value is -0.120. The molecule has 0 bridgehead atoms. The molecule has 1 heterocycles. The highest BCUT2D eigenvalue weighted by Gasteiger charge is 2.20. The van der Waals surface area contributed by atoms with Gasteiger partial charge in [-0.15, -0.1) is 0 Å². The Bertz CT molecular complexity index is 146. The van der Waals surface area contributed by atoms with Crippen molar-refractivity contribution in [3.8, 4) is 0 Å². The van der Waals surface area contributed by atoms with Crippen molar-refractivity contribution in [2.24, 2.45) is 0 Å². The van der Waals surface area contributed by atoms with Gasteiger partial charge in [-0.25, -0.2) is 0 Å². The van der Waals surface area contributed by atoms with E-state index >= 15 is 0 Å². The van der Waals surface area contributed by atoms with Gasteiger partial charge in [-0.3, -0.25) is 4.90 Å². The molecular formula is C11H24N2O. The number of piperidine rings is 1. The first-order chi connectivity index (χ1) is 6.77. The molecule has 1 rings (SSSR count). The molecule has 84 valence electrons. The zero-order valence-corrected chi connectivity index (χ0v) is 9.50. The lowest BCUT2D eigenvalue weighted by Gasteiger charge is -2.34. The minimum absolute atomic E-state index is 0.148. The maximum absolute atomic E-state index is 9.63. The van der Waals surface area contributed by atoms with Crippen LogP contribution in [0, 0.1) is 0 Å². The molecule has 0 radical (unpaired) electrons. The van der Waals surface area contributed by atoms with Crippen LogP contribution in [0.4, 0.5) is 0 Å². The Balaban J connectivity index is 2.35. The first kappa shape index (κ1) is 12.0. The van der Waals surface area contributed by atoms with Gasteiger partial charge in [-0.2, -0.15) is 0 Å². The van der Waals surface area contributed by atoms with Gasteiger partial charge in [0.15, 0.2) is 0 Å². The van der Waals surface area contributed by atoms with Gasteiger partial charge in [0.05, 0.1) is 6.10 Å². The van der Waals surface area contributed by atoms with E-state index in [-0.39, 0.29) is 6.10 Å². The van der Waals surface area contributed by atoms with E-state index in [1.165, 1.54) is 12.8 Å². The second-order valence-corrected chi connectivity index (χ2v) is 4.13. The van der Waals surface area contributed by atoms with E-state index in [0.29, 0.717) is 6.04 Å². The molecule has 1 saturated heterocycles. The van der Waals surface area contributed by atoms with Gasteiger partial charge in [-0.05, 0) is 38.9 Å². The Labute approximate surface area is 87.5 Å². The molecule has 0 saturated carbocycles. The number of hydrogen-bond donors (Lipinski definition) is 2. The van der Waals surface area contributed by atoms with Crippen LogP contribution in [0.5, 0.6) is 0 Å². The Morgan fingerprint density at radius 2 is 2.00 bits per heavy atom. The van der Waals surface area contributed by atoms with Crippen LogP contribution in [0.1, 0.15) is 33.1 Å². The lowest BCUT2D eigenvalue weighted by molar-refractivity contribution is 0.0771. The number of nitrogens with zero attached hydrogens (tertiary/aromatic N) is 1. The summed E-state index contributed by atoms with van der Waals surface area (Å²) in [6.45, 7) is 8.39. The van der Waals surface area contributed by atoms with Gasteiger partial charge in [-0.1, -0.05) is 13.8 Å². The van der Waals surface area contributed by atoms with Crippen molar-refractivity contribution in [1.29, 1.82) is 0 Å². The molecular weight excluding hydrogens is 176 g/mol. The van der Waals surface area contributed by atoms with E-state index < -0.39 is 0 Å². The van der Waals surface area contributed by atoms with Crippen LogP contribution in [-0.4, -0.2) is 48.3 Å². The molecule has 14 heavy (non-hydrogen) atoms. The minimum atomic E-state index is -0.148. The van der Waals surface area contributed by atoms with Crippen LogP contribution in [0.15, 0.2) is 0 Å². The summed E-state index contributed by atoms with van der Waals surface area (Å²) in [5, 5.41) is 13.0. The molecule has 1 aliphatic heterocycles. The van der Waals surface area contributed by atoms with Crippen LogP contribution in [-0.2, 0) is 0 Å². The topological polar surface area (TPSA) is 35.5 Å². The third-order valence-electron chi connectivity index (χ3n) is 3.15. The molecule has 2 N–H and O–H groups in total. The van der Waals surface area contributed by atoms with E-state index in [2.05, 4.69) is 17.1 Å². The highest BCUT2D eigenvalue weighted by atomic mass is 16.3.